The van der Waals surface area contributed by atoms with Gasteiger partial charge in [-0.2, -0.15) is 13.2 Å². The van der Waals surface area contributed by atoms with E-state index in [1.807, 2.05) is 5.32 Å². The SMILES string of the molecule is CC(=O)c1ccc(Sc2ccc(NC(=O)[C@@](C)(O)C(F)(F)F)c(Cl)c2)cc1. The lowest BCUT2D eigenvalue weighted by Crippen LogP contribution is -2.52. The van der Waals surface area contributed by atoms with Crippen LogP contribution in [0, 0.1) is 0 Å². The average molecular weight is 418 g/mol. The molecule has 2 N–H and O–H groups in total. The first-order chi connectivity index (χ1) is 12.4. The van der Waals surface area contributed by atoms with Crippen molar-refractivity contribution in [3.8, 4) is 0 Å². The second-order valence-corrected chi connectivity index (χ2v) is 7.40. The third kappa shape index (κ3) is 5.03. The first-order valence-corrected chi connectivity index (χ1v) is 8.80. The minimum atomic E-state index is -5.12. The second-order valence-electron chi connectivity index (χ2n) is 5.85. The van der Waals surface area contributed by atoms with E-state index >= 15 is 0 Å². The summed E-state index contributed by atoms with van der Waals surface area (Å²) < 4.78 is 38.1. The molecule has 9 heteroatoms. The molecular formula is C18H15ClF3NO3S. The lowest BCUT2D eigenvalue weighted by molar-refractivity contribution is -0.242. The number of benzene rings is 2. The van der Waals surface area contributed by atoms with Crippen LogP contribution >= 0.6 is 23.4 Å². The monoisotopic (exact) mass is 417 g/mol. The standard InChI is InChI=1S/C18H15ClF3NO3S/c1-10(24)11-3-5-12(6-4-11)27-13-7-8-15(14(19)9-13)23-16(25)17(2,26)18(20,21)22/h3-9,26H,1-2H3,(H,23,25)/t17-/m1/s1. The average Bonchev–Trinajstić information content (AvgIpc) is 2.56. The Morgan fingerprint density at radius 2 is 1.63 bits per heavy atom. The zero-order chi connectivity index (χ0) is 20.4. The molecule has 2 aromatic carbocycles. The van der Waals surface area contributed by atoms with E-state index < -0.39 is 17.7 Å². The van der Waals surface area contributed by atoms with E-state index in [9.17, 15) is 27.9 Å². The van der Waals surface area contributed by atoms with Gasteiger partial charge >= 0.3 is 6.18 Å². The molecule has 0 saturated carbocycles. The molecule has 0 aliphatic rings. The molecule has 2 aromatic rings. The van der Waals surface area contributed by atoms with E-state index in [4.69, 9.17) is 11.6 Å². The summed E-state index contributed by atoms with van der Waals surface area (Å²) >= 11 is 7.36. The van der Waals surface area contributed by atoms with Crippen molar-refractivity contribution >= 4 is 40.7 Å². The summed E-state index contributed by atoms with van der Waals surface area (Å²) in [6, 6.07) is 11.3. The van der Waals surface area contributed by atoms with Gasteiger partial charge in [0.05, 0.1) is 10.7 Å². The molecule has 2 rings (SSSR count). The van der Waals surface area contributed by atoms with Crippen LogP contribution in [0.3, 0.4) is 0 Å². The fraction of sp³-hybridized carbons (Fsp3) is 0.222. The number of halogens is 4. The van der Waals surface area contributed by atoms with Crippen molar-refractivity contribution in [3.63, 3.8) is 0 Å². The Bertz CT molecular complexity index is 867. The molecule has 0 aliphatic carbocycles. The number of hydrogen-bond acceptors (Lipinski definition) is 4. The summed E-state index contributed by atoms with van der Waals surface area (Å²) in [5, 5.41) is 11.4. The predicted octanol–water partition coefficient (Wildman–Crippen LogP) is 4.95. The first kappa shape index (κ1) is 21.3. The quantitative estimate of drug-likeness (QED) is 0.676. The summed E-state index contributed by atoms with van der Waals surface area (Å²) in [4.78, 5) is 24.5. The minimum absolute atomic E-state index is 0.0201. The van der Waals surface area contributed by atoms with E-state index in [0.717, 1.165) is 4.90 Å². The number of aliphatic hydroxyl groups is 1. The van der Waals surface area contributed by atoms with Gasteiger partial charge in [-0.15, -0.1) is 0 Å². The van der Waals surface area contributed by atoms with Gasteiger partial charge in [0.25, 0.3) is 5.91 Å². The van der Waals surface area contributed by atoms with E-state index in [1.54, 1.807) is 30.3 Å². The molecule has 27 heavy (non-hydrogen) atoms. The van der Waals surface area contributed by atoms with Crippen LogP contribution < -0.4 is 5.32 Å². The van der Waals surface area contributed by atoms with Crippen molar-refractivity contribution in [1.82, 2.24) is 0 Å². The van der Waals surface area contributed by atoms with Gasteiger partial charge < -0.3 is 10.4 Å². The molecule has 0 spiro atoms. The number of rotatable bonds is 5. The molecule has 0 unspecified atom stereocenters. The molecule has 0 radical (unpaired) electrons. The van der Waals surface area contributed by atoms with Crippen molar-refractivity contribution in [2.24, 2.45) is 0 Å². The molecule has 0 fully saturated rings. The maximum atomic E-state index is 12.7. The summed E-state index contributed by atoms with van der Waals surface area (Å²) in [6.45, 7) is 1.83. The number of amides is 1. The van der Waals surface area contributed by atoms with Crippen LogP contribution in [0.2, 0.25) is 5.02 Å². The van der Waals surface area contributed by atoms with Crippen molar-refractivity contribution in [3.05, 3.63) is 53.1 Å². The summed E-state index contributed by atoms with van der Waals surface area (Å²) in [7, 11) is 0. The number of carbonyl (C=O) groups is 2. The molecule has 1 amide bonds. The largest absolute Gasteiger partial charge is 0.426 e. The Morgan fingerprint density at radius 3 is 2.11 bits per heavy atom. The number of ketones is 1. The number of Topliss-reactive ketones (excluding diaryl/α,β-unsaturated/α-hetero) is 1. The van der Waals surface area contributed by atoms with Crippen LogP contribution in [0.25, 0.3) is 0 Å². The van der Waals surface area contributed by atoms with Crippen LogP contribution in [-0.2, 0) is 4.79 Å². The summed E-state index contributed by atoms with van der Waals surface area (Å²) in [5.74, 6) is -1.68. The number of hydrogen-bond donors (Lipinski definition) is 2. The molecule has 1 atom stereocenters. The van der Waals surface area contributed by atoms with Crippen molar-refractivity contribution in [2.75, 3.05) is 5.32 Å². The summed E-state index contributed by atoms with van der Waals surface area (Å²) in [6.07, 6.45) is -5.12. The van der Waals surface area contributed by atoms with Gasteiger partial charge in [-0.3, -0.25) is 9.59 Å². The highest BCUT2D eigenvalue weighted by molar-refractivity contribution is 7.99. The van der Waals surface area contributed by atoms with E-state index in [1.165, 1.54) is 30.8 Å². The van der Waals surface area contributed by atoms with Crippen molar-refractivity contribution in [1.29, 1.82) is 0 Å². The molecular weight excluding hydrogens is 403 g/mol. The smallest absolute Gasteiger partial charge is 0.373 e. The maximum absolute atomic E-state index is 12.7. The zero-order valence-corrected chi connectivity index (χ0v) is 15.8. The van der Waals surface area contributed by atoms with E-state index in [2.05, 4.69) is 0 Å². The highest BCUT2D eigenvalue weighted by atomic mass is 35.5. The van der Waals surface area contributed by atoms with Crippen molar-refractivity contribution < 1.29 is 27.9 Å². The Balaban J connectivity index is 2.13. The van der Waals surface area contributed by atoms with Gasteiger partial charge in [0.2, 0.25) is 5.60 Å². The summed E-state index contributed by atoms with van der Waals surface area (Å²) in [5.41, 5.74) is -3.02. The Kier molecular flexibility index (Phi) is 6.24. The van der Waals surface area contributed by atoms with Crippen LogP contribution in [0.1, 0.15) is 24.2 Å². The number of anilines is 1. The Labute approximate surface area is 162 Å². The lowest BCUT2D eigenvalue weighted by atomic mass is 10.1. The number of nitrogens with one attached hydrogen (secondary N) is 1. The van der Waals surface area contributed by atoms with Crippen LogP contribution in [0.5, 0.6) is 0 Å². The highest BCUT2D eigenvalue weighted by Crippen LogP contribution is 2.35. The van der Waals surface area contributed by atoms with Gasteiger partial charge in [0, 0.05) is 15.4 Å². The number of carbonyl (C=O) groups excluding carboxylic acids is 2. The Hall–Kier alpha value is -2.03. The zero-order valence-electron chi connectivity index (χ0n) is 14.2. The minimum Gasteiger partial charge on any atom is -0.373 e. The van der Waals surface area contributed by atoms with Crippen LogP contribution in [0.4, 0.5) is 18.9 Å². The fourth-order valence-electron chi connectivity index (χ4n) is 1.93. The molecule has 0 bridgehead atoms. The molecule has 144 valence electrons. The Morgan fingerprint density at radius 1 is 1.07 bits per heavy atom. The third-order valence-corrected chi connectivity index (χ3v) is 4.99. The maximum Gasteiger partial charge on any atom is 0.426 e. The molecule has 0 aliphatic heterocycles. The molecule has 0 aromatic heterocycles. The van der Waals surface area contributed by atoms with Crippen molar-refractivity contribution in [2.45, 2.75) is 35.4 Å². The predicted molar refractivity (Wildman–Crippen MR) is 97.3 cm³/mol. The topological polar surface area (TPSA) is 66.4 Å². The van der Waals surface area contributed by atoms with Gasteiger partial charge in [-0.05, 0) is 44.2 Å². The van der Waals surface area contributed by atoms with Crippen LogP contribution in [-0.4, -0.2) is 28.6 Å². The lowest BCUT2D eigenvalue weighted by Gasteiger charge is -2.25. The second kappa shape index (κ2) is 7.92. The molecule has 0 saturated heterocycles. The van der Waals surface area contributed by atoms with Gasteiger partial charge in [-0.25, -0.2) is 0 Å². The third-order valence-electron chi connectivity index (χ3n) is 3.68. The van der Waals surface area contributed by atoms with E-state index in [0.29, 0.717) is 17.4 Å². The molecule has 0 heterocycles. The normalized spacial score (nSPS) is 13.7. The highest BCUT2D eigenvalue weighted by Gasteiger charge is 2.55. The first-order valence-electron chi connectivity index (χ1n) is 7.61. The van der Waals surface area contributed by atoms with Gasteiger partial charge in [-0.1, -0.05) is 35.5 Å². The van der Waals surface area contributed by atoms with Gasteiger partial charge in [0.15, 0.2) is 5.78 Å². The van der Waals surface area contributed by atoms with E-state index in [-0.39, 0.29) is 16.5 Å². The fourth-order valence-corrected chi connectivity index (χ4v) is 3.08. The number of alkyl halides is 3. The van der Waals surface area contributed by atoms with Crippen LogP contribution in [0.15, 0.2) is 52.3 Å². The van der Waals surface area contributed by atoms with Gasteiger partial charge in [0.1, 0.15) is 0 Å². The molecule has 4 nitrogen and oxygen atoms in total.